The molecule has 1 heterocycles. The number of ketones is 2. The van der Waals surface area contributed by atoms with E-state index in [9.17, 15) is 19.5 Å². The molecule has 5 nitrogen and oxygen atoms in total. The van der Waals surface area contributed by atoms with E-state index in [0.29, 0.717) is 5.56 Å². The standard InChI is InChI=1S/C12H11NO4/c1-7(14)13-9(11(16)12(13)17)10(15)8-5-3-2-4-6-8/h2-7,9,14H,1H3/t7-,9-/m1/s1. The number of β-lactam (4-membered cyclic amide) rings is 1. The van der Waals surface area contributed by atoms with E-state index in [2.05, 4.69) is 0 Å². The first-order chi connectivity index (χ1) is 8.04. The molecule has 5 heteroatoms. The number of aliphatic hydroxyl groups excluding tert-OH is 1. The van der Waals surface area contributed by atoms with Crippen LogP contribution in [0, 0.1) is 0 Å². The predicted molar refractivity (Wildman–Crippen MR) is 58.1 cm³/mol. The van der Waals surface area contributed by atoms with Gasteiger partial charge in [0.05, 0.1) is 0 Å². The van der Waals surface area contributed by atoms with Crippen LogP contribution in [-0.2, 0) is 9.59 Å². The van der Waals surface area contributed by atoms with Gasteiger partial charge >= 0.3 is 0 Å². The van der Waals surface area contributed by atoms with Gasteiger partial charge in [-0.3, -0.25) is 19.3 Å². The van der Waals surface area contributed by atoms with Gasteiger partial charge in [-0.25, -0.2) is 0 Å². The third-order valence-corrected chi connectivity index (χ3v) is 2.68. The number of nitrogens with zero attached hydrogens (tertiary/aromatic N) is 1. The molecule has 2 rings (SSSR count). The van der Waals surface area contributed by atoms with Crippen molar-refractivity contribution in [2.24, 2.45) is 0 Å². The number of carbonyl (C=O) groups excluding carboxylic acids is 3. The first-order valence-corrected chi connectivity index (χ1v) is 5.18. The second-order valence-electron chi connectivity index (χ2n) is 3.84. The summed E-state index contributed by atoms with van der Waals surface area (Å²) in [6, 6.07) is 7.05. The zero-order chi connectivity index (χ0) is 12.6. The first kappa shape index (κ1) is 11.5. The highest BCUT2D eigenvalue weighted by atomic mass is 16.3. The van der Waals surface area contributed by atoms with Gasteiger partial charge in [0, 0.05) is 5.56 Å². The summed E-state index contributed by atoms with van der Waals surface area (Å²) in [5.74, 6) is -2.04. The lowest BCUT2D eigenvalue weighted by molar-refractivity contribution is -0.168. The normalized spacial score (nSPS) is 21.1. The van der Waals surface area contributed by atoms with Crippen LogP contribution >= 0.6 is 0 Å². The Morgan fingerprint density at radius 3 is 2.41 bits per heavy atom. The highest BCUT2D eigenvalue weighted by molar-refractivity contribution is 6.50. The topological polar surface area (TPSA) is 74.7 Å². The van der Waals surface area contributed by atoms with Crippen molar-refractivity contribution in [1.29, 1.82) is 0 Å². The molecule has 17 heavy (non-hydrogen) atoms. The molecule has 1 N–H and O–H groups in total. The highest BCUT2D eigenvalue weighted by Crippen LogP contribution is 2.21. The summed E-state index contributed by atoms with van der Waals surface area (Å²) < 4.78 is 0. The van der Waals surface area contributed by atoms with Crippen molar-refractivity contribution in [3.8, 4) is 0 Å². The Hall–Kier alpha value is -2.01. The van der Waals surface area contributed by atoms with Crippen LogP contribution in [0.4, 0.5) is 0 Å². The molecule has 1 aliphatic rings. The van der Waals surface area contributed by atoms with E-state index in [1.54, 1.807) is 30.3 Å². The molecule has 0 spiro atoms. The third kappa shape index (κ3) is 1.74. The van der Waals surface area contributed by atoms with Crippen molar-refractivity contribution < 1.29 is 19.5 Å². The van der Waals surface area contributed by atoms with Gasteiger partial charge in [0.1, 0.15) is 6.23 Å². The van der Waals surface area contributed by atoms with E-state index < -0.39 is 29.7 Å². The monoisotopic (exact) mass is 233 g/mol. The Morgan fingerprint density at radius 2 is 1.88 bits per heavy atom. The van der Waals surface area contributed by atoms with Crippen LogP contribution in [0.1, 0.15) is 17.3 Å². The van der Waals surface area contributed by atoms with E-state index >= 15 is 0 Å². The molecule has 0 saturated carbocycles. The summed E-state index contributed by atoms with van der Waals surface area (Å²) in [6.07, 6.45) is -1.14. The quantitative estimate of drug-likeness (QED) is 0.345. The molecule has 1 aromatic rings. The molecular formula is C12H11NO4. The molecule has 0 radical (unpaired) electrons. The Kier molecular flexibility index (Phi) is 2.77. The summed E-state index contributed by atoms with van der Waals surface area (Å²) in [5.41, 5.74) is 0.351. The van der Waals surface area contributed by atoms with E-state index in [0.717, 1.165) is 4.90 Å². The SMILES string of the molecule is C[C@@H](O)N1C(=O)C(=O)[C@H]1C(=O)c1ccccc1. The van der Waals surface area contributed by atoms with Gasteiger partial charge in [0.15, 0.2) is 11.8 Å². The van der Waals surface area contributed by atoms with Crippen LogP contribution in [0.25, 0.3) is 0 Å². The number of Topliss-reactive ketones (excluding diaryl/α,β-unsaturated/α-hetero) is 2. The number of rotatable bonds is 3. The molecular weight excluding hydrogens is 222 g/mol. The Bertz CT molecular complexity index is 481. The minimum atomic E-state index is -1.18. The minimum Gasteiger partial charge on any atom is -0.374 e. The van der Waals surface area contributed by atoms with Crippen molar-refractivity contribution in [1.82, 2.24) is 4.90 Å². The fourth-order valence-corrected chi connectivity index (χ4v) is 1.81. The van der Waals surface area contributed by atoms with Crippen molar-refractivity contribution in [2.45, 2.75) is 19.2 Å². The van der Waals surface area contributed by atoms with Gasteiger partial charge in [0.2, 0.25) is 0 Å². The van der Waals surface area contributed by atoms with Crippen molar-refractivity contribution >= 4 is 17.5 Å². The van der Waals surface area contributed by atoms with Crippen molar-refractivity contribution in [3.63, 3.8) is 0 Å². The predicted octanol–water partition coefficient (Wildman–Crippen LogP) is -0.0125. The second kappa shape index (κ2) is 4.10. The average molecular weight is 233 g/mol. The Balaban J connectivity index is 2.26. The summed E-state index contributed by atoms with van der Waals surface area (Å²) in [5, 5.41) is 9.33. The maximum atomic E-state index is 12.0. The molecule has 0 unspecified atom stereocenters. The van der Waals surface area contributed by atoms with Crippen LogP contribution in [0.2, 0.25) is 0 Å². The summed E-state index contributed by atoms with van der Waals surface area (Å²) in [7, 11) is 0. The van der Waals surface area contributed by atoms with Gasteiger partial charge in [0.25, 0.3) is 11.7 Å². The second-order valence-corrected chi connectivity index (χ2v) is 3.84. The highest BCUT2D eigenvalue weighted by Gasteiger charge is 2.52. The largest absolute Gasteiger partial charge is 0.374 e. The maximum Gasteiger partial charge on any atom is 0.295 e. The van der Waals surface area contributed by atoms with Gasteiger partial charge < -0.3 is 5.11 Å². The molecule has 1 amide bonds. The molecule has 0 aromatic heterocycles. The number of hydrogen-bond acceptors (Lipinski definition) is 4. The third-order valence-electron chi connectivity index (χ3n) is 2.68. The molecule has 2 atom stereocenters. The average Bonchev–Trinajstić information content (AvgIpc) is 2.34. The number of likely N-dealkylation sites (tertiary alicyclic amines) is 1. The molecule has 88 valence electrons. The zero-order valence-corrected chi connectivity index (χ0v) is 9.16. The van der Waals surface area contributed by atoms with Gasteiger partial charge in [-0.2, -0.15) is 0 Å². The lowest BCUT2D eigenvalue weighted by Crippen LogP contribution is -2.67. The van der Waals surface area contributed by atoms with E-state index in [-0.39, 0.29) is 0 Å². The van der Waals surface area contributed by atoms with Crippen molar-refractivity contribution in [2.75, 3.05) is 0 Å². The van der Waals surface area contributed by atoms with Gasteiger partial charge in [-0.1, -0.05) is 30.3 Å². The fraction of sp³-hybridized carbons (Fsp3) is 0.250. The Labute approximate surface area is 97.7 Å². The van der Waals surface area contributed by atoms with Crippen LogP contribution in [0.5, 0.6) is 0 Å². The van der Waals surface area contributed by atoms with Crippen LogP contribution in [0.3, 0.4) is 0 Å². The smallest absolute Gasteiger partial charge is 0.295 e. The summed E-state index contributed by atoms with van der Waals surface area (Å²) >= 11 is 0. The van der Waals surface area contributed by atoms with Crippen LogP contribution in [0.15, 0.2) is 30.3 Å². The molecule has 1 fully saturated rings. The first-order valence-electron chi connectivity index (χ1n) is 5.18. The summed E-state index contributed by atoms with van der Waals surface area (Å²) in [6.45, 7) is 1.34. The number of carbonyl (C=O) groups is 3. The molecule has 1 aliphatic heterocycles. The van der Waals surface area contributed by atoms with E-state index in [1.165, 1.54) is 6.92 Å². The molecule has 1 aromatic carbocycles. The fourth-order valence-electron chi connectivity index (χ4n) is 1.81. The molecule has 0 bridgehead atoms. The number of amides is 1. The maximum absolute atomic E-state index is 12.0. The van der Waals surface area contributed by atoms with Crippen LogP contribution < -0.4 is 0 Å². The number of hydrogen-bond donors (Lipinski definition) is 1. The Morgan fingerprint density at radius 1 is 1.29 bits per heavy atom. The van der Waals surface area contributed by atoms with E-state index in [1.807, 2.05) is 0 Å². The molecule has 1 saturated heterocycles. The zero-order valence-electron chi connectivity index (χ0n) is 9.16. The lowest BCUT2D eigenvalue weighted by Gasteiger charge is -2.39. The van der Waals surface area contributed by atoms with E-state index in [4.69, 9.17) is 0 Å². The van der Waals surface area contributed by atoms with Crippen molar-refractivity contribution in [3.05, 3.63) is 35.9 Å². The summed E-state index contributed by atoms with van der Waals surface area (Å²) in [4.78, 5) is 35.4. The van der Waals surface area contributed by atoms with Gasteiger partial charge in [-0.15, -0.1) is 0 Å². The number of aliphatic hydroxyl groups is 1. The molecule has 0 aliphatic carbocycles. The van der Waals surface area contributed by atoms with Crippen LogP contribution in [-0.4, -0.2) is 39.7 Å². The number of benzene rings is 1. The minimum absolute atomic E-state index is 0.351. The van der Waals surface area contributed by atoms with Gasteiger partial charge in [-0.05, 0) is 6.92 Å². The lowest BCUT2D eigenvalue weighted by atomic mass is 9.91.